The van der Waals surface area contributed by atoms with Crippen LogP contribution < -0.4 is 20.3 Å². The number of nitrogens with zero attached hydrogens (tertiary/aromatic N) is 2. The van der Waals surface area contributed by atoms with Crippen molar-refractivity contribution in [2.24, 2.45) is 0 Å². The minimum absolute atomic E-state index is 0.00625. The Labute approximate surface area is 193 Å². The van der Waals surface area contributed by atoms with E-state index in [-0.39, 0.29) is 12.5 Å². The monoisotopic (exact) mass is 450 g/mol. The lowest BCUT2D eigenvalue weighted by molar-refractivity contribution is -0.118. The molecule has 7 heteroatoms. The van der Waals surface area contributed by atoms with E-state index in [0.29, 0.717) is 17.8 Å². The lowest BCUT2D eigenvalue weighted by Crippen LogP contribution is -2.46. The van der Waals surface area contributed by atoms with E-state index in [9.17, 15) is 4.79 Å². The summed E-state index contributed by atoms with van der Waals surface area (Å²) in [4.78, 5) is 20.1. The van der Waals surface area contributed by atoms with Crippen LogP contribution in [0.2, 0.25) is 0 Å². The van der Waals surface area contributed by atoms with Gasteiger partial charge in [-0.1, -0.05) is 18.2 Å². The minimum Gasteiger partial charge on any atom is -0.484 e. The van der Waals surface area contributed by atoms with Gasteiger partial charge in [0, 0.05) is 47.6 Å². The van der Waals surface area contributed by atoms with Gasteiger partial charge in [0.1, 0.15) is 5.75 Å². The molecule has 32 heavy (non-hydrogen) atoms. The van der Waals surface area contributed by atoms with E-state index in [2.05, 4.69) is 39.6 Å². The second-order valence-corrected chi connectivity index (χ2v) is 9.17. The molecular weight excluding hydrogens is 420 g/mol. The van der Waals surface area contributed by atoms with Gasteiger partial charge in [-0.15, -0.1) is 11.3 Å². The quantitative estimate of drug-likeness (QED) is 0.507. The fourth-order valence-corrected chi connectivity index (χ4v) is 4.75. The highest BCUT2D eigenvalue weighted by Crippen LogP contribution is 2.23. The van der Waals surface area contributed by atoms with Crippen LogP contribution in [0, 0.1) is 0 Å². The summed E-state index contributed by atoms with van der Waals surface area (Å²) in [5.41, 5.74) is 3.87. The lowest BCUT2D eigenvalue weighted by Gasteiger charge is -2.35. The lowest BCUT2D eigenvalue weighted by atomic mass is 10.0. The van der Waals surface area contributed by atoms with Gasteiger partial charge in [-0.05, 0) is 62.6 Å². The fraction of sp³-hybridized carbons (Fsp3) is 0.360. The number of hydrogen-bond acceptors (Lipinski definition) is 6. The molecule has 1 fully saturated rings. The van der Waals surface area contributed by atoms with Gasteiger partial charge in [-0.3, -0.25) is 9.78 Å². The number of carbonyl (C=O) groups excluding carboxylic acids is 1. The van der Waals surface area contributed by atoms with Crippen LogP contribution in [-0.4, -0.2) is 42.7 Å². The van der Waals surface area contributed by atoms with Crippen LogP contribution in [0.5, 0.6) is 5.75 Å². The summed E-state index contributed by atoms with van der Waals surface area (Å²) >= 11 is 1.72. The molecule has 2 N–H and O–H groups in total. The van der Waals surface area contributed by atoms with Crippen molar-refractivity contribution in [1.29, 1.82) is 0 Å². The molecule has 1 amide bonds. The molecule has 0 unspecified atom stereocenters. The third kappa shape index (κ3) is 6.55. The van der Waals surface area contributed by atoms with Gasteiger partial charge in [-0.25, -0.2) is 0 Å². The second-order valence-electron chi connectivity index (χ2n) is 8.20. The third-order valence-electron chi connectivity index (χ3n) is 5.64. The molecule has 2 aromatic carbocycles. The smallest absolute Gasteiger partial charge is 0.262 e. The SMILES string of the molecule is C[C@@H](Cc1cncs1)NC1CCN(c2ccc(NC(=O)COc3ccccc3)cc2)CC1. The van der Waals surface area contributed by atoms with Gasteiger partial charge < -0.3 is 20.3 Å². The summed E-state index contributed by atoms with van der Waals surface area (Å²) in [6, 6.07) is 18.4. The van der Waals surface area contributed by atoms with Crippen molar-refractivity contribution in [1.82, 2.24) is 10.3 Å². The Morgan fingerprint density at radius 3 is 2.59 bits per heavy atom. The van der Waals surface area contributed by atoms with E-state index in [0.717, 1.165) is 38.0 Å². The molecule has 1 aliphatic rings. The van der Waals surface area contributed by atoms with Crippen LogP contribution in [0.3, 0.4) is 0 Å². The van der Waals surface area contributed by atoms with Crippen LogP contribution >= 0.6 is 11.3 Å². The first-order chi connectivity index (χ1) is 15.7. The molecule has 168 valence electrons. The number of rotatable bonds is 9. The number of ether oxygens (including phenoxy) is 1. The number of amides is 1. The Kier molecular flexibility index (Phi) is 7.74. The predicted octanol–water partition coefficient (Wildman–Crippen LogP) is 4.35. The number of aromatic nitrogens is 1. The fourth-order valence-electron chi connectivity index (χ4n) is 4.03. The average molecular weight is 451 g/mol. The summed E-state index contributed by atoms with van der Waals surface area (Å²) in [6.07, 6.45) is 5.26. The molecule has 1 aliphatic heterocycles. The van der Waals surface area contributed by atoms with Crippen molar-refractivity contribution in [2.75, 3.05) is 29.9 Å². The molecule has 0 aliphatic carbocycles. The van der Waals surface area contributed by atoms with Crippen LogP contribution in [-0.2, 0) is 11.2 Å². The maximum Gasteiger partial charge on any atom is 0.262 e. The van der Waals surface area contributed by atoms with Crippen molar-refractivity contribution in [3.63, 3.8) is 0 Å². The maximum atomic E-state index is 12.1. The standard InChI is InChI=1S/C25H30N4O2S/c1-19(15-24-16-26-18-32-24)27-21-11-13-29(14-12-21)22-9-7-20(8-10-22)28-25(30)17-31-23-5-3-2-4-6-23/h2-10,16,18-19,21,27H,11-15,17H2,1H3,(H,28,30)/t19-/m0/s1. The normalized spacial score (nSPS) is 15.3. The Balaban J connectivity index is 1.19. The minimum atomic E-state index is -0.166. The predicted molar refractivity (Wildman–Crippen MR) is 131 cm³/mol. The van der Waals surface area contributed by atoms with Crippen LogP contribution in [0.1, 0.15) is 24.6 Å². The second kappa shape index (κ2) is 11.1. The highest BCUT2D eigenvalue weighted by molar-refractivity contribution is 7.09. The van der Waals surface area contributed by atoms with Gasteiger partial charge in [-0.2, -0.15) is 0 Å². The number of hydrogen-bond donors (Lipinski definition) is 2. The number of anilines is 2. The molecule has 1 atom stereocenters. The molecule has 0 radical (unpaired) electrons. The Bertz CT molecular complexity index is 955. The zero-order valence-electron chi connectivity index (χ0n) is 18.4. The van der Waals surface area contributed by atoms with Crippen LogP contribution in [0.15, 0.2) is 66.3 Å². The molecule has 4 rings (SSSR count). The van der Waals surface area contributed by atoms with E-state index >= 15 is 0 Å². The zero-order chi connectivity index (χ0) is 22.2. The molecular formula is C25H30N4O2S. The third-order valence-corrected chi connectivity index (χ3v) is 6.44. The number of benzene rings is 2. The zero-order valence-corrected chi connectivity index (χ0v) is 19.2. The molecule has 6 nitrogen and oxygen atoms in total. The first-order valence-corrected chi connectivity index (χ1v) is 12.0. The van der Waals surface area contributed by atoms with Crippen LogP contribution in [0.4, 0.5) is 11.4 Å². The van der Waals surface area contributed by atoms with E-state index in [1.54, 1.807) is 11.3 Å². The van der Waals surface area contributed by atoms with Crippen LogP contribution in [0.25, 0.3) is 0 Å². The van der Waals surface area contributed by atoms with Gasteiger partial charge in [0.05, 0.1) is 5.51 Å². The van der Waals surface area contributed by atoms with Gasteiger partial charge in [0.15, 0.2) is 6.61 Å². The Hall–Kier alpha value is -2.90. The first-order valence-electron chi connectivity index (χ1n) is 11.1. The summed E-state index contributed by atoms with van der Waals surface area (Å²) in [7, 11) is 0. The largest absolute Gasteiger partial charge is 0.484 e. The molecule has 0 spiro atoms. The van der Waals surface area contributed by atoms with Gasteiger partial charge in [0.2, 0.25) is 0 Å². The van der Waals surface area contributed by atoms with E-state index < -0.39 is 0 Å². The number of carbonyl (C=O) groups is 1. The molecule has 3 aromatic rings. The molecule has 1 aromatic heterocycles. The van der Waals surface area contributed by atoms with Gasteiger partial charge in [0.25, 0.3) is 5.91 Å². The topological polar surface area (TPSA) is 66.5 Å². The van der Waals surface area contributed by atoms with Crippen molar-refractivity contribution < 1.29 is 9.53 Å². The number of piperidine rings is 1. The average Bonchev–Trinajstić information content (AvgIpc) is 3.32. The van der Waals surface area contributed by atoms with Crippen molar-refractivity contribution >= 4 is 28.6 Å². The highest BCUT2D eigenvalue weighted by Gasteiger charge is 2.21. The Morgan fingerprint density at radius 2 is 1.91 bits per heavy atom. The molecule has 0 saturated carbocycles. The Morgan fingerprint density at radius 1 is 1.16 bits per heavy atom. The number of para-hydroxylation sites is 1. The van der Waals surface area contributed by atoms with E-state index in [1.807, 2.05) is 54.2 Å². The molecule has 0 bridgehead atoms. The molecule has 2 heterocycles. The maximum absolute atomic E-state index is 12.1. The van der Waals surface area contributed by atoms with Crippen molar-refractivity contribution in [3.8, 4) is 5.75 Å². The summed E-state index contributed by atoms with van der Waals surface area (Å²) in [6.45, 7) is 4.31. The number of thiazole rings is 1. The summed E-state index contributed by atoms with van der Waals surface area (Å²) in [5, 5.41) is 6.67. The van der Waals surface area contributed by atoms with Gasteiger partial charge >= 0.3 is 0 Å². The summed E-state index contributed by atoms with van der Waals surface area (Å²) in [5.74, 6) is 0.523. The van der Waals surface area contributed by atoms with Crippen molar-refractivity contribution in [2.45, 2.75) is 38.3 Å². The van der Waals surface area contributed by atoms with E-state index in [4.69, 9.17) is 4.74 Å². The van der Waals surface area contributed by atoms with Crippen molar-refractivity contribution in [3.05, 3.63) is 71.2 Å². The van der Waals surface area contributed by atoms with E-state index in [1.165, 1.54) is 10.6 Å². The highest BCUT2D eigenvalue weighted by atomic mass is 32.1. The number of nitrogens with one attached hydrogen (secondary N) is 2. The molecule has 1 saturated heterocycles. The first kappa shape index (κ1) is 22.3. The summed E-state index contributed by atoms with van der Waals surface area (Å²) < 4.78 is 5.50.